The molecule has 0 aromatic heterocycles. The van der Waals surface area contributed by atoms with E-state index in [0.29, 0.717) is 22.9 Å². The van der Waals surface area contributed by atoms with Gasteiger partial charge in [0.1, 0.15) is 12.6 Å². The van der Waals surface area contributed by atoms with Crippen molar-refractivity contribution in [3.8, 4) is 11.5 Å². The molecule has 1 atom stereocenters. The predicted octanol–water partition coefficient (Wildman–Crippen LogP) is 3.12. The van der Waals surface area contributed by atoms with Crippen LogP contribution in [0.15, 0.2) is 36.4 Å². The highest BCUT2D eigenvalue weighted by molar-refractivity contribution is 6.16. The second kappa shape index (κ2) is 8.44. The third-order valence-electron chi connectivity index (χ3n) is 5.07. The van der Waals surface area contributed by atoms with E-state index in [1.54, 1.807) is 31.2 Å². The summed E-state index contributed by atoms with van der Waals surface area (Å²) < 4.78 is 10.5. The standard InChI is InChI=1S/C22H25N3O5/c1-13-6-8-16(9-7-13)25-15(3)21(27)24(22(25)28)12-20(26)23-17-11-19(30-5)18(29-4)10-14(17)2/h6-11,15H,12H2,1-5H3,(H,23,26)/t15-/m1/s1. The molecule has 0 bridgehead atoms. The van der Waals surface area contributed by atoms with Crippen molar-refractivity contribution in [2.75, 3.05) is 31.0 Å². The third-order valence-corrected chi connectivity index (χ3v) is 5.07. The lowest BCUT2D eigenvalue weighted by atomic mass is 10.1. The van der Waals surface area contributed by atoms with E-state index < -0.39 is 23.9 Å². The number of methoxy groups -OCH3 is 2. The predicted molar refractivity (Wildman–Crippen MR) is 113 cm³/mol. The average molecular weight is 411 g/mol. The molecule has 158 valence electrons. The molecule has 0 spiro atoms. The van der Waals surface area contributed by atoms with Crippen LogP contribution in [0, 0.1) is 13.8 Å². The lowest BCUT2D eigenvalue weighted by molar-refractivity contribution is -0.130. The van der Waals surface area contributed by atoms with Crippen LogP contribution in [0.5, 0.6) is 11.5 Å². The summed E-state index contributed by atoms with van der Waals surface area (Å²) >= 11 is 0. The molecule has 0 aliphatic carbocycles. The molecular weight excluding hydrogens is 386 g/mol. The van der Waals surface area contributed by atoms with Gasteiger partial charge in [0.05, 0.1) is 14.2 Å². The van der Waals surface area contributed by atoms with Crippen LogP contribution in [0.1, 0.15) is 18.1 Å². The molecule has 0 radical (unpaired) electrons. The maximum absolute atomic E-state index is 12.9. The van der Waals surface area contributed by atoms with Crippen LogP contribution in [0.4, 0.5) is 16.2 Å². The molecule has 3 rings (SSSR count). The zero-order chi connectivity index (χ0) is 22.0. The fourth-order valence-electron chi connectivity index (χ4n) is 3.36. The Morgan fingerprint density at radius 1 is 1.03 bits per heavy atom. The van der Waals surface area contributed by atoms with Gasteiger partial charge in [-0.2, -0.15) is 0 Å². The van der Waals surface area contributed by atoms with Gasteiger partial charge in [0.15, 0.2) is 11.5 Å². The molecule has 1 N–H and O–H groups in total. The number of anilines is 2. The fourth-order valence-corrected chi connectivity index (χ4v) is 3.36. The van der Waals surface area contributed by atoms with E-state index in [4.69, 9.17) is 9.47 Å². The Morgan fingerprint density at radius 3 is 2.23 bits per heavy atom. The molecule has 1 aliphatic rings. The van der Waals surface area contributed by atoms with Crippen molar-refractivity contribution in [3.05, 3.63) is 47.5 Å². The number of imide groups is 1. The second-order valence-electron chi connectivity index (χ2n) is 7.16. The molecular formula is C22H25N3O5. The van der Waals surface area contributed by atoms with Crippen LogP contribution < -0.4 is 19.7 Å². The first-order valence-corrected chi connectivity index (χ1v) is 9.50. The highest BCUT2D eigenvalue weighted by atomic mass is 16.5. The van der Waals surface area contributed by atoms with Gasteiger partial charge < -0.3 is 14.8 Å². The lowest BCUT2D eigenvalue weighted by Crippen LogP contribution is -2.39. The zero-order valence-corrected chi connectivity index (χ0v) is 17.7. The maximum atomic E-state index is 12.9. The van der Waals surface area contributed by atoms with Crippen molar-refractivity contribution in [1.29, 1.82) is 0 Å². The van der Waals surface area contributed by atoms with Crippen LogP contribution >= 0.6 is 0 Å². The van der Waals surface area contributed by atoms with E-state index in [1.165, 1.54) is 19.1 Å². The highest BCUT2D eigenvalue weighted by Gasteiger charge is 2.44. The van der Waals surface area contributed by atoms with Crippen LogP contribution in [0.25, 0.3) is 0 Å². The Kier molecular flexibility index (Phi) is 5.96. The van der Waals surface area contributed by atoms with Crippen molar-refractivity contribution in [2.24, 2.45) is 0 Å². The van der Waals surface area contributed by atoms with Gasteiger partial charge in [-0.15, -0.1) is 0 Å². The Morgan fingerprint density at radius 2 is 1.63 bits per heavy atom. The molecule has 0 unspecified atom stereocenters. The molecule has 1 saturated heterocycles. The van der Waals surface area contributed by atoms with Gasteiger partial charge in [-0.05, 0) is 44.5 Å². The summed E-state index contributed by atoms with van der Waals surface area (Å²) in [5.41, 5.74) is 2.94. The molecule has 1 fully saturated rings. The Hall–Kier alpha value is -3.55. The van der Waals surface area contributed by atoms with Crippen molar-refractivity contribution < 1.29 is 23.9 Å². The van der Waals surface area contributed by atoms with E-state index in [1.807, 2.05) is 26.0 Å². The van der Waals surface area contributed by atoms with Gasteiger partial charge in [-0.1, -0.05) is 17.7 Å². The van der Waals surface area contributed by atoms with Gasteiger partial charge >= 0.3 is 6.03 Å². The minimum Gasteiger partial charge on any atom is -0.493 e. The number of hydrogen-bond acceptors (Lipinski definition) is 5. The van der Waals surface area contributed by atoms with Gasteiger partial charge in [0.2, 0.25) is 5.91 Å². The first-order chi connectivity index (χ1) is 14.3. The molecule has 2 aromatic rings. The second-order valence-corrected chi connectivity index (χ2v) is 7.16. The molecule has 8 heteroatoms. The van der Waals surface area contributed by atoms with Crippen LogP contribution in [-0.2, 0) is 9.59 Å². The minimum atomic E-state index is -0.684. The Labute approximate surface area is 175 Å². The lowest BCUT2D eigenvalue weighted by Gasteiger charge is -2.19. The SMILES string of the molecule is COc1cc(C)c(NC(=O)CN2C(=O)[C@@H](C)N(c3ccc(C)cc3)C2=O)cc1OC. The number of aryl methyl sites for hydroxylation is 2. The smallest absolute Gasteiger partial charge is 0.332 e. The first kappa shape index (κ1) is 21.2. The number of nitrogens with zero attached hydrogens (tertiary/aromatic N) is 2. The topological polar surface area (TPSA) is 88.2 Å². The monoisotopic (exact) mass is 411 g/mol. The van der Waals surface area contributed by atoms with E-state index in [9.17, 15) is 14.4 Å². The van der Waals surface area contributed by atoms with Gasteiger partial charge in [-0.3, -0.25) is 19.4 Å². The number of ether oxygens (including phenoxy) is 2. The van der Waals surface area contributed by atoms with Crippen LogP contribution in [0.3, 0.4) is 0 Å². The number of amides is 4. The van der Waals surface area contributed by atoms with Gasteiger partial charge in [0, 0.05) is 17.4 Å². The molecule has 1 aliphatic heterocycles. The van der Waals surface area contributed by atoms with Crippen molar-refractivity contribution in [1.82, 2.24) is 4.90 Å². The number of urea groups is 1. The first-order valence-electron chi connectivity index (χ1n) is 9.50. The number of nitrogens with one attached hydrogen (secondary N) is 1. The normalized spacial score (nSPS) is 16.1. The van der Waals surface area contributed by atoms with E-state index in [2.05, 4.69) is 5.32 Å². The van der Waals surface area contributed by atoms with E-state index >= 15 is 0 Å². The minimum absolute atomic E-state index is 0.377. The fraction of sp³-hybridized carbons (Fsp3) is 0.318. The number of carbonyl (C=O) groups excluding carboxylic acids is 3. The molecule has 4 amide bonds. The number of hydrogen-bond donors (Lipinski definition) is 1. The summed E-state index contributed by atoms with van der Waals surface area (Å²) in [6.07, 6.45) is 0. The average Bonchev–Trinajstić information content (AvgIpc) is 2.93. The quantitative estimate of drug-likeness (QED) is 0.738. The van der Waals surface area contributed by atoms with Gasteiger partial charge in [-0.25, -0.2) is 4.79 Å². The summed E-state index contributed by atoms with van der Waals surface area (Å²) in [6.45, 7) is 5.02. The Balaban J connectivity index is 1.76. The third kappa shape index (κ3) is 3.94. The molecule has 1 heterocycles. The summed E-state index contributed by atoms with van der Waals surface area (Å²) in [6, 6.07) is 9.49. The van der Waals surface area contributed by atoms with Crippen molar-refractivity contribution in [3.63, 3.8) is 0 Å². The van der Waals surface area contributed by atoms with Crippen molar-refractivity contribution in [2.45, 2.75) is 26.8 Å². The Bertz CT molecular complexity index is 987. The molecule has 30 heavy (non-hydrogen) atoms. The molecule has 0 saturated carbocycles. The van der Waals surface area contributed by atoms with E-state index in [-0.39, 0.29) is 6.54 Å². The summed E-state index contributed by atoms with van der Waals surface area (Å²) in [5.74, 6) is 0.107. The molecule has 8 nitrogen and oxygen atoms in total. The largest absolute Gasteiger partial charge is 0.493 e. The van der Waals surface area contributed by atoms with Crippen LogP contribution in [0.2, 0.25) is 0 Å². The zero-order valence-electron chi connectivity index (χ0n) is 17.7. The summed E-state index contributed by atoms with van der Waals surface area (Å²) in [4.78, 5) is 40.5. The maximum Gasteiger partial charge on any atom is 0.332 e. The highest BCUT2D eigenvalue weighted by Crippen LogP contribution is 2.33. The summed E-state index contributed by atoms with van der Waals surface area (Å²) in [5, 5.41) is 2.74. The van der Waals surface area contributed by atoms with Crippen LogP contribution in [-0.4, -0.2) is 49.6 Å². The number of carbonyl (C=O) groups is 3. The van der Waals surface area contributed by atoms with E-state index in [0.717, 1.165) is 16.0 Å². The molecule has 2 aromatic carbocycles. The number of rotatable bonds is 6. The summed E-state index contributed by atoms with van der Waals surface area (Å²) in [7, 11) is 3.03. The van der Waals surface area contributed by atoms with Gasteiger partial charge in [0.25, 0.3) is 5.91 Å². The number of benzene rings is 2. The van der Waals surface area contributed by atoms with Crippen molar-refractivity contribution >= 4 is 29.2 Å².